The van der Waals surface area contributed by atoms with Crippen LogP contribution in [-0.4, -0.2) is 30.1 Å². The van der Waals surface area contributed by atoms with Gasteiger partial charge in [0, 0.05) is 12.3 Å². The van der Waals surface area contributed by atoms with Gasteiger partial charge in [-0.25, -0.2) is 4.98 Å². The fourth-order valence-electron chi connectivity index (χ4n) is 3.31. The third kappa shape index (κ3) is 4.99. The van der Waals surface area contributed by atoms with Crippen molar-refractivity contribution in [1.29, 1.82) is 0 Å². The molecule has 33 heavy (non-hydrogen) atoms. The zero-order valence-corrected chi connectivity index (χ0v) is 20.0. The van der Waals surface area contributed by atoms with E-state index in [-0.39, 0.29) is 12.5 Å². The number of methoxy groups -OCH3 is 2. The number of thiazole rings is 1. The van der Waals surface area contributed by atoms with Crippen molar-refractivity contribution < 1.29 is 14.3 Å². The summed E-state index contributed by atoms with van der Waals surface area (Å²) in [6.45, 7) is 2.26. The van der Waals surface area contributed by atoms with E-state index < -0.39 is 0 Å². The number of hydrogen-bond donors (Lipinski definition) is 0. The molecular formula is C25H22ClN3O3S. The number of aryl methyl sites for hydroxylation is 1. The van der Waals surface area contributed by atoms with Crippen LogP contribution in [0, 0.1) is 6.92 Å². The molecule has 0 saturated carbocycles. The van der Waals surface area contributed by atoms with Crippen LogP contribution < -0.4 is 14.4 Å². The highest BCUT2D eigenvalue weighted by Gasteiger charge is 2.20. The second-order valence-electron chi connectivity index (χ2n) is 7.23. The van der Waals surface area contributed by atoms with Crippen molar-refractivity contribution in [3.05, 3.63) is 82.6 Å². The van der Waals surface area contributed by atoms with Crippen LogP contribution in [0.2, 0.25) is 5.02 Å². The maximum atomic E-state index is 13.3. The van der Waals surface area contributed by atoms with E-state index in [1.165, 1.54) is 17.4 Å². The molecule has 0 aliphatic heterocycles. The summed E-state index contributed by atoms with van der Waals surface area (Å²) in [5.74, 6) is 0.997. The Morgan fingerprint density at radius 1 is 1.12 bits per heavy atom. The maximum Gasteiger partial charge on any atom is 0.253 e. The lowest BCUT2D eigenvalue weighted by atomic mass is 10.2. The molecule has 4 aromatic rings. The molecule has 4 rings (SSSR count). The molecule has 0 atom stereocenters. The zero-order chi connectivity index (χ0) is 23.4. The lowest BCUT2D eigenvalue weighted by Gasteiger charge is -2.17. The summed E-state index contributed by atoms with van der Waals surface area (Å²) >= 11 is 7.79. The molecule has 6 nitrogen and oxygen atoms in total. The monoisotopic (exact) mass is 479 g/mol. The molecule has 0 saturated heterocycles. The summed E-state index contributed by atoms with van der Waals surface area (Å²) in [6.07, 6.45) is 4.96. The number of aromatic nitrogens is 2. The number of carbonyl (C=O) groups is 1. The van der Waals surface area contributed by atoms with E-state index in [2.05, 4.69) is 4.98 Å². The lowest BCUT2D eigenvalue weighted by Crippen LogP contribution is -2.29. The summed E-state index contributed by atoms with van der Waals surface area (Å²) in [7, 11) is 3.16. The lowest BCUT2D eigenvalue weighted by molar-refractivity contribution is -0.114. The Balaban J connectivity index is 1.69. The number of benzene rings is 2. The SMILES string of the molecule is COc1ccc(/C=C/C(=O)N(Cc2ccccn2)c2nc3c(C)ccc(Cl)c3s2)cc1OC. The van der Waals surface area contributed by atoms with Gasteiger partial charge in [-0.2, -0.15) is 0 Å². The van der Waals surface area contributed by atoms with Crippen molar-refractivity contribution in [3.8, 4) is 11.5 Å². The van der Waals surface area contributed by atoms with E-state index in [1.54, 1.807) is 37.5 Å². The first-order chi connectivity index (χ1) is 16.0. The first-order valence-corrected chi connectivity index (χ1v) is 11.4. The predicted molar refractivity (Wildman–Crippen MR) is 133 cm³/mol. The van der Waals surface area contributed by atoms with E-state index in [0.717, 1.165) is 27.0 Å². The van der Waals surface area contributed by atoms with Crippen molar-refractivity contribution in [2.24, 2.45) is 0 Å². The molecule has 168 valence electrons. The number of fused-ring (bicyclic) bond motifs is 1. The number of nitrogens with zero attached hydrogens (tertiary/aromatic N) is 3. The predicted octanol–water partition coefficient (Wildman–Crippen LogP) is 5.92. The minimum Gasteiger partial charge on any atom is -0.493 e. The molecule has 2 aromatic heterocycles. The fraction of sp³-hybridized carbons (Fsp3) is 0.160. The van der Waals surface area contributed by atoms with Crippen LogP contribution in [0.25, 0.3) is 16.3 Å². The van der Waals surface area contributed by atoms with Gasteiger partial charge in [-0.15, -0.1) is 0 Å². The van der Waals surface area contributed by atoms with Crippen molar-refractivity contribution in [2.45, 2.75) is 13.5 Å². The van der Waals surface area contributed by atoms with Crippen LogP contribution in [0.5, 0.6) is 11.5 Å². The first-order valence-electron chi connectivity index (χ1n) is 10.2. The average molecular weight is 480 g/mol. The van der Waals surface area contributed by atoms with E-state index in [9.17, 15) is 4.79 Å². The van der Waals surface area contributed by atoms with Gasteiger partial charge in [0.2, 0.25) is 0 Å². The van der Waals surface area contributed by atoms with Crippen LogP contribution >= 0.6 is 22.9 Å². The number of hydrogen-bond acceptors (Lipinski definition) is 6. The molecule has 0 aliphatic carbocycles. The summed E-state index contributed by atoms with van der Waals surface area (Å²) in [4.78, 5) is 24.1. The van der Waals surface area contributed by atoms with Gasteiger partial charge >= 0.3 is 0 Å². The number of halogens is 1. The van der Waals surface area contributed by atoms with Crippen LogP contribution in [0.15, 0.2) is 60.8 Å². The molecule has 0 N–H and O–H groups in total. The molecule has 0 radical (unpaired) electrons. The molecule has 1 amide bonds. The summed E-state index contributed by atoms with van der Waals surface area (Å²) < 4.78 is 11.5. The summed E-state index contributed by atoms with van der Waals surface area (Å²) in [5.41, 5.74) is 3.36. The highest BCUT2D eigenvalue weighted by molar-refractivity contribution is 7.23. The molecule has 0 aliphatic rings. The number of amides is 1. The standard InChI is InChI=1S/C25H22ClN3O3S/c1-16-7-10-19(26)24-23(16)28-25(33-24)29(15-18-6-4-5-13-27-18)22(30)12-9-17-8-11-20(31-2)21(14-17)32-3/h4-14H,15H2,1-3H3/b12-9+. The topological polar surface area (TPSA) is 64.5 Å². The quantitative estimate of drug-likeness (QED) is 0.308. The summed E-state index contributed by atoms with van der Waals surface area (Å²) in [6, 6.07) is 14.9. The molecule has 2 heterocycles. The average Bonchev–Trinajstić information content (AvgIpc) is 3.30. The van der Waals surface area contributed by atoms with Gasteiger partial charge in [0.25, 0.3) is 5.91 Å². The first kappa shape index (κ1) is 22.8. The van der Waals surface area contributed by atoms with Gasteiger partial charge in [0.15, 0.2) is 16.6 Å². The Labute approximate surface area is 201 Å². The Morgan fingerprint density at radius 3 is 2.64 bits per heavy atom. The van der Waals surface area contributed by atoms with E-state index in [0.29, 0.717) is 21.7 Å². The van der Waals surface area contributed by atoms with Crippen LogP contribution in [0.3, 0.4) is 0 Å². The van der Waals surface area contributed by atoms with Crippen molar-refractivity contribution in [3.63, 3.8) is 0 Å². The summed E-state index contributed by atoms with van der Waals surface area (Å²) in [5, 5.41) is 1.18. The van der Waals surface area contributed by atoms with Gasteiger partial charge < -0.3 is 9.47 Å². The molecule has 8 heteroatoms. The van der Waals surface area contributed by atoms with E-state index in [4.69, 9.17) is 26.1 Å². The number of ether oxygens (including phenoxy) is 2. The third-order valence-electron chi connectivity index (χ3n) is 5.06. The Bertz CT molecular complexity index is 1280. The van der Waals surface area contributed by atoms with Gasteiger partial charge in [0.05, 0.1) is 41.7 Å². The zero-order valence-electron chi connectivity index (χ0n) is 18.4. The van der Waals surface area contributed by atoms with Gasteiger partial charge in [0.1, 0.15) is 0 Å². The maximum absolute atomic E-state index is 13.3. The van der Waals surface area contributed by atoms with E-state index in [1.807, 2.05) is 49.4 Å². The molecule has 0 bridgehead atoms. The normalized spacial score (nSPS) is 11.2. The van der Waals surface area contributed by atoms with E-state index >= 15 is 0 Å². The number of rotatable bonds is 7. The Kier molecular flexibility index (Phi) is 6.91. The number of carbonyl (C=O) groups excluding carboxylic acids is 1. The Morgan fingerprint density at radius 2 is 1.94 bits per heavy atom. The minimum absolute atomic E-state index is 0.219. The third-order valence-corrected chi connectivity index (χ3v) is 6.59. The minimum atomic E-state index is -0.219. The van der Waals surface area contributed by atoms with Crippen LogP contribution in [0.4, 0.5) is 5.13 Å². The largest absolute Gasteiger partial charge is 0.493 e. The smallest absolute Gasteiger partial charge is 0.253 e. The molecule has 0 unspecified atom stereocenters. The highest BCUT2D eigenvalue weighted by atomic mass is 35.5. The van der Waals surface area contributed by atoms with Gasteiger partial charge in [-0.05, 0) is 54.5 Å². The Hall–Kier alpha value is -3.42. The second kappa shape index (κ2) is 10.0. The number of anilines is 1. The number of pyridine rings is 1. The second-order valence-corrected chi connectivity index (χ2v) is 8.62. The molecular weight excluding hydrogens is 458 g/mol. The van der Waals surface area contributed by atoms with Gasteiger partial charge in [-0.1, -0.05) is 41.1 Å². The van der Waals surface area contributed by atoms with Crippen LogP contribution in [0.1, 0.15) is 16.8 Å². The van der Waals surface area contributed by atoms with Crippen molar-refractivity contribution >= 4 is 50.3 Å². The van der Waals surface area contributed by atoms with Crippen LogP contribution in [-0.2, 0) is 11.3 Å². The van der Waals surface area contributed by atoms with Gasteiger partial charge in [-0.3, -0.25) is 14.7 Å². The fourth-order valence-corrected chi connectivity index (χ4v) is 4.63. The van der Waals surface area contributed by atoms with Crippen molar-refractivity contribution in [1.82, 2.24) is 9.97 Å². The molecule has 0 spiro atoms. The molecule has 0 fully saturated rings. The highest BCUT2D eigenvalue weighted by Crippen LogP contribution is 2.36. The molecule has 2 aromatic carbocycles. The van der Waals surface area contributed by atoms with Crippen molar-refractivity contribution in [2.75, 3.05) is 19.1 Å².